The van der Waals surface area contributed by atoms with Gasteiger partial charge in [0, 0.05) is 30.7 Å². The Morgan fingerprint density at radius 3 is 2.75 bits per heavy atom. The molecule has 1 atom stereocenters. The van der Waals surface area contributed by atoms with E-state index in [1.54, 1.807) is 42.2 Å². The van der Waals surface area contributed by atoms with Crippen LogP contribution in [0.5, 0.6) is 0 Å². The lowest BCUT2D eigenvalue weighted by atomic mass is 10.1. The molecule has 0 bridgehead atoms. The third kappa shape index (κ3) is 3.44. The SMILES string of the molecule is Cn1ccnc1C(NC(=O)c1cc(Cl)ccn1)c1cccc(F)c1. The average Bonchev–Trinajstić information content (AvgIpc) is 2.98. The summed E-state index contributed by atoms with van der Waals surface area (Å²) >= 11 is 5.90. The third-order valence-electron chi connectivity index (χ3n) is 3.53. The number of hydrogen-bond acceptors (Lipinski definition) is 3. The van der Waals surface area contributed by atoms with Crippen molar-refractivity contribution in [3.8, 4) is 0 Å². The van der Waals surface area contributed by atoms with Gasteiger partial charge in [-0.1, -0.05) is 23.7 Å². The predicted octanol–water partition coefficient (Wildman–Crippen LogP) is 3.13. The van der Waals surface area contributed by atoms with Gasteiger partial charge >= 0.3 is 0 Å². The Morgan fingerprint density at radius 2 is 2.08 bits per heavy atom. The minimum Gasteiger partial charge on any atom is -0.337 e. The molecule has 1 aromatic carbocycles. The molecule has 0 aliphatic carbocycles. The van der Waals surface area contributed by atoms with Crippen LogP contribution >= 0.6 is 11.6 Å². The largest absolute Gasteiger partial charge is 0.337 e. The van der Waals surface area contributed by atoms with Gasteiger partial charge in [0.1, 0.15) is 23.4 Å². The van der Waals surface area contributed by atoms with E-state index in [4.69, 9.17) is 11.6 Å². The summed E-state index contributed by atoms with van der Waals surface area (Å²) in [6.45, 7) is 0. The van der Waals surface area contributed by atoms with Crippen LogP contribution in [-0.4, -0.2) is 20.4 Å². The van der Waals surface area contributed by atoms with E-state index in [0.29, 0.717) is 16.4 Å². The quantitative estimate of drug-likeness (QED) is 0.791. The average molecular weight is 345 g/mol. The molecule has 3 rings (SSSR count). The fraction of sp³-hybridized carbons (Fsp3) is 0.118. The van der Waals surface area contributed by atoms with E-state index in [0.717, 1.165) is 0 Å². The molecule has 1 N–H and O–H groups in total. The number of amides is 1. The second-order valence-corrected chi connectivity index (χ2v) is 5.65. The number of carbonyl (C=O) groups is 1. The highest BCUT2D eigenvalue weighted by Crippen LogP contribution is 2.22. The van der Waals surface area contributed by atoms with Crippen LogP contribution in [0.2, 0.25) is 5.02 Å². The zero-order valence-electron chi connectivity index (χ0n) is 12.8. The van der Waals surface area contributed by atoms with Crippen LogP contribution in [0, 0.1) is 5.82 Å². The molecule has 5 nitrogen and oxygen atoms in total. The van der Waals surface area contributed by atoms with Gasteiger partial charge in [0.2, 0.25) is 0 Å². The number of nitrogens with one attached hydrogen (secondary N) is 1. The zero-order valence-corrected chi connectivity index (χ0v) is 13.5. The Kier molecular flexibility index (Phi) is 4.57. The summed E-state index contributed by atoms with van der Waals surface area (Å²) in [5.74, 6) is -0.229. The molecule has 2 aromatic heterocycles. The fourth-order valence-corrected chi connectivity index (χ4v) is 2.53. The van der Waals surface area contributed by atoms with Gasteiger partial charge < -0.3 is 9.88 Å². The maximum Gasteiger partial charge on any atom is 0.270 e. The molecular formula is C17H14ClFN4O. The molecule has 2 heterocycles. The van der Waals surface area contributed by atoms with E-state index in [1.165, 1.54) is 24.4 Å². The van der Waals surface area contributed by atoms with E-state index < -0.39 is 11.9 Å². The van der Waals surface area contributed by atoms with Gasteiger partial charge in [0.25, 0.3) is 5.91 Å². The number of imidazole rings is 1. The molecule has 1 unspecified atom stereocenters. The maximum absolute atomic E-state index is 13.6. The van der Waals surface area contributed by atoms with Crippen molar-refractivity contribution in [3.05, 3.63) is 82.9 Å². The Hall–Kier alpha value is -2.73. The van der Waals surface area contributed by atoms with E-state index in [1.807, 2.05) is 0 Å². The van der Waals surface area contributed by atoms with E-state index in [-0.39, 0.29) is 11.5 Å². The zero-order chi connectivity index (χ0) is 17.1. The third-order valence-corrected chi connectivity index (χ3v) is 3.76. The molecule has 0 aliphatic rings. The van der Waals surface area contributed by atoms with E-state index >= 15 is 0 Å². The van der Waals surface area contributed by atoms with Crippen molar-refractivity contribution in [1.82, 2.24) is 19.9 Å². The van der Waals surface area contributed by atoms with Crippen molar-refractivity contribution in [2.75, 3.05) is 0 Å². The van der Waals surface area contributed by atoms with Crippen LogP contribution in [0.25, 0.3) is 0 Å². The first kappa shape index (κ1) is 16.1. The molecule has 0 aliphatic heterocycles. The number of rotatable bonds is 4. The van der Waals surface area contributed by atoms with Crippen molar-refractivity contribution in [1.29, 1.82) is 0 Å². The normalized spacial score (nSPS) is 12.0. The first-order valence-electron chi connectivity index (χ1n) is 7.19. The van der Waals surface area contributed by atoms with E-state index in [9.17, 15) is 9.18 Å². The van der Waals surface area contributed by atoms with Gasteiger partial charge in [-0.3, -0.25) is 9.78 Å². The van der Waals surface area contributed by atoms with Gasteiger partial charge in [0.15, 0.2) is 0 Å². The molecule has 1 amide bonds. The topological polar surface area (TPSA) is 59.8 Å². The molecule has 0 spiro atoms. The lowest BCUT2D eigenvalue weighted by Gasteiger charge is -2.19. The lowest BCUT2D eigenvalue weighted by molar-refractivity contribution is 0.0936. The van der Waals surface area contributed by atoms with Crippen LogP contribution in [0.3, 0.4) is 0 Å². The first-order valence-corrected chi connectivity index (χ1v) is 7.57. The number of aromatic nitrogens is 3. The summed E-state index contributed by atoms with van der Waals surface area (Å²) in [6.07, 6.45) is 4.83. The number of nitrogens with zero attached hydrogens (tertiary/aromatic N) is 3. The van der Waals surface area contributed by atoms with Crippen molar-refractivity contribution in [2.24, 2.45) is 7.05 Å². The molecule has 24 heavy (non-hydrogen) atoms. The van der Waals surface area contributed by atoms with E-state index in [2.05, 4.69) is 15.3 Å². The minimum absolute atomic E-state index is 0.179. The number of pyridine rings is 1. The standard InChI is InChI=1S/C17H14ClFN4O/c1-23-8-7-21-16(23)15(11-3-2-4-13(19)9-11)22-17(24)14-10-12(18)5-6-20-14/h2-10,15H,1H3,(H,22,24). The monoisotopic (exact) mass is 344 g/mol. The summed E-state index contributed by atoms with van der Waals surface area (Å²) in [6, 6.07) is 8.47. The summed E-state index contributed by atoms with van der Waals surface area (Å²) in [5.41, 5.74) is 0.762. The predicted molar refractivity (Wildman–Crippen MR) is 88.2 cm³/mol. The molecule has 3 aromatic rings. The fourth-order valence-electron chi connectivity index (χ4n) is 2.37. The molecule has 0 saturated heterocycles. The van der Waals surface area contributed by atoms with Gasteiger partial charge in [-0.15, -0.1) is 0 Å². The van der Waals surface area contributed by atoms with Crippen LogP contribution in [0.4, 0.5) is 4.39 Å². The van der Waals surface area contributed by atoms with Crippen molar-refractivity contribution in [2.45, 2.75) is 6.04 Å². The molecule has 7 heteroatoms. The Morgan fingerprint density at radius 1 is 1.25 bits per heavy atom. The second-order valence-electron chi connectivity index (χ2n) is 5.22. The highest BCUT2D eigenvalue weighted by Gasteiger charge is 2.22. The summed E-state index contributed by atoms with van der Waals surface area (Å²) < 4.78 is 15.4. The lowest BCUT2D eigenvalue weighted by Crippen LogP contribution is -2.31. The van der Waals surface area contributed by atoms with Gasteiger partial charge in [0.05, 0.1) is 0 Å². The summed E-state index contributed by atoms with van der Waals surface area (Å²) in [7, 11) is 1.80. The Labute approximate surface area is 143 Å². The van der Waals surface area contributed by atoms with Crippen molar-refractivity contribution < 1.29 is 9.18 Å². The number of benzene rings is 1. The number of carbonyl (C=O) groups excluding carboxylic acids is 1. The minimum atomic E-state index is -0.617. The number of hydrogen-bond donors (Lipinski definition) is 1. The van der Waals surface area contributed by atoms with Gasteiger partial charge in [-0.05, 0) is 29.8 Å². The van der Waals surface area contributed by atoms with Gasteiger partial charge in [-0.2, -0.15) is 0 Å². The molecule has 0 fully saturated rings. The first-order chi connectivity index (χ1) is 11.5. The second kappa shape index (κ2) is 6.80. The summed E-state index contributed by atoms with van der Waals surface area (Å²) in [4.78, 5) is 20.8. The van der Waals surface area contributed by atoms with Crippen molar-refractivity contribution in [3.63, 3.8) is 0 Å². The van der Waals surface area contributed by atoms with Crippen LogP contribution < -0.4 is 5.32 Å². The van der Waals surface area contributed by atoms with Crippen molar-refractivity contribution >= 4 is 17.5 Å². The van der Waals surface area contributed by atoms with Gasteiger partial charge in [-0.25, -0.2) is 9.37 Å². The molecule has 0 radical (unpaired) electrons. The number of aryl methyl sites for hydroxylation is 1. The van der Waals surface area contributed by atoms with Crippen LogP contribution in [-0.2, 0) is 7.05 Å². The van der Waals surface area contributed by atoms with Crippen LogP contribution in [0.1, 0.15) is 27.9 Å². The van der Waals surface area contributed by atoms with Crippen LogP contribution in [0.15, 0.2) is 55.0 Å². The molecule has 122 valence electrons. The molecule has 0 saturated carbocycles. The molecular weight excluding hydrogens is 331 g/mol. The Balaban J connectivity index is 1.96. The Bertz CT molecular complexity index is 880. The highest BCUT2D eigenvalue weighted by atomic mass is 35.5. The number of halogens is 2. The summed E-state index contributed by atoms with van der Waals surface area (Å²) in [5, 5.41) is 3.25. The smallest absolute Gasteiger partial charge is 0.270 e. The maximum atomic E-state index is 13.6. The highest BCUT2D eigenvalue weighted by molar-refractivity contribution is 6.30.